The monoisotopic (exact) mass is 240 g/mol. The lowest BCUT2D eigenvalue weighted by Crippen LogP contribution is -2.08. The Morgan fingerprint density at radius 1 is 1.44 bits per heavy atom. The van der Waals surface area contributed by atoms with Crippen LogP contribution < -0.4 is 0 Å². The molecule has 5 heteroatoms. The Morgan fingerprint density at radius 2 is 2.19 bits per heavy atom. The summed E-state index contributed by atoms with van der Waals surface area (Å²) in [6, 6.07) is 5.92. The third kappa shape index (κ3) is 1.81. The van der Waals surface area contributed by atoms with Gasteiger partial charge in [0.15, 0.2) is 0 Å². The summed E-state index contributed by atoms with van der Waals surface area (Å²) < 4.78 is 15.0. The largest absolute Gasteiger partial charge is 0.382 e. The van der Waals surface area contributed by atoms with Gasteiger partial charge in [-0.25, -0.2) is 4.39 Å². The van der Waals surface area contributed by atoms with Crippen molar-refractivity contribution in [1.29, 1.82) is 0 Å². The third-order valence-corrected chi connectivity index (χ3v) is 2.74. The number of hydrogen-bond acceptors (Lipinski definition) is 2. The predicted octanol–water partition coefficient (Wildman–Crippen LogP) is 2.29. The van der Waals surface area contributed by atoms with E-state index in [0.29, 0.717) is 5.69 Å². The van der Waals surface area contributed by atoms with Crippen molar-refractivity contribution in [2.75, 3.05) is 0 Å². The molecule has 0 amide bonds. The van der Waals surface area contributed by atoms with Gasteiger partial charge in [0.05, 0.1) is 5.69 Å². The van der Waals surface area contributed by atoms with E-state index in [4.69, 9.17) is 11.6 Å². The summed E-state index contributed by atoms with van der Waals surface area (Å²) in [4.78, 5) is 0. The standard InChI is InChI=1S/C11H10ClFN2O/c1-15-9(5-6-14-15)11(16)10-7(12)3-2-4-8(10)13/h2-6,11,16H,1H3. The highest BCUT2D eigenvalue weighted by Gasteiger charge is 2.20. The van der Waals surface area contributed by atoms with Crippen LogP contribution in [0.25, 0.3) is 0 Å². The molecule has 0 bridgehead atoms. The average molecular weight is 241 g/mol. The molecule has 2 aromatic rings. The fourth-order valence-corrected chi connectivity index (χ4v) is 1.84. The quantitative estimate of drug-likeness (QED) is 0.875. The number of benzene rings is 1. The number of halogens is 2. The molecule has 0 aliphatic rings. The minimum absolute atomic E-state index is 0.0766. The maximum absolute atomic E-state index is 13.6. The number of aromatic nitrogens is 2. The van der Waals surface area contributed by atoms with Crippen LogP contribution in [-0.4, -0.2) is 14.9 Å². The predicted molar refractivity (Wildman–Crippen MR) is 58.7 cm³/mol. The van der Waals surface area contributed by atoms with Crippen molar-refractivity contribution >= 4 is 11.6 Å². The first-order valence-corrected chi connectivity index (χ1v) is 5.09. The van der Waals surface area contributed by atoms with E-state index in [1.807, 2.05) is 0 Å². The van der Waals surface area contributed by atoms with Gasteiger partial charge < -0.3 is 5.11 Å². The molecule has 1 aromatic heterocycles. The average Bonchev–Trinajstić information content (AvgIpc) is 2.64. The van der Waals surface area contributed by atoms with Gasteiger partial charge in [0.2, 0.25) is 0 Å². The Labute approximate surface area is 97.1 Å². The zero-order valence-corrected chi connectivity index (χ0v) is 9.32. The Kier molecular flexibility index (Phi) is 2.94. The number of hydrogen-bond donors (Lipinski definition) is 1. The van der Waals surface area contributed by atoms with Crippen LogP contribution in [0, 0.1) is 5.82 Å². The summed E-state index contributed by atoms with van der Waals surface area (Å²) >= 11 is 5.86. The van der Waals surface area contributed by atoms with Crippen molar-refractivity contribution in [3.05, 3.63) is 52.6 Å². The second-order valence-electron chi connectivity index (χ2n) is 3.42. The number of aliphatic hydroxyl groups is 1. The lowest BCUT2D eigenvalue weighted by molar-refractivity contribution is 0.205. The first-order valence-electron chi connectivity index (χ1n) is 4.71. The first kappa shape index (κ1) is 11.1. The van der Waals surface area contributed by atoms with E-state index in [9.17, 15) is 9.50 Å². The lowest BCUT2D eigenvalue weighted by atomic mass is 10.1. The maximum Gasteiger partial charge on any atom is 0.130 e. The highest BCUT2D eigenvalue weighted by Crippen LogP contribution is 2.29. The van der Waals surface area contributed by atoms with Crippen molar-refractivity contribution in [1.82, 2.24) is 9.78 Å². The molecular weight excluding hydrogens is 231 g/mol. The molecule has 0 saturated carbocycles. The van der Waals surface area contributed by atoms with Gasteiger partial charge in [-0.15, -0.1) is 0 Å². The molecule has 0 saturated heterocycles. The third-order valence-electron chi connectivity index (χ3n) is 2.41. The summed E-state index contributed by atoms with van der Waals surface area (Å²) in [5.74, 6) is -0.527. The van der Waals surface area contributed by atoms with Gasteiger partial charge >= 0.3 is 0 Å². The van der Waals surface area contributed by atoms with Crippen LogP contribution in [0.2, 0.25) is 5.02 Å². The van der Waals surface area contributed by atoms with Crippen LogP contribution in [0.1, 0.15) is 17.4 Å². The molecule has 0 aliphatic heterocycles. The van der Waals surface area contributed by atoms with Crippen molar-refractivity contribution in [3.63, 3.8) is 0 Å². The molecule has 0 spiro atoms. The Hall–Kier alpha value is -1.39. The summed E-state index contributed by atoms with van der Waals surface area (Å²) in [6.45, 7) is 0. The normalized spacial score (nSPS) is 12.8. The Morgan fingerprint density at radius 3 is 2.75 bits per heavy atom. The van der Waals surface area contributed by atoms with Crippen molar-refractivity contribution < 1.29 is 9.50 Å². The number of aryl methyl sites for hydroxylation is 1. The second kappa shape index (κ2) is 4.23. The van der Waals surface area contributed by atoms with E-state index < -0.39 is 11.9 Å². The zero-order valence-electron chi connectivity index (χ0n) is 8.56. The molecule has 0 aliphatic carbocycles. The molecular formula is C11H10ClFN2O. The van der Waals surface area contributed by atoms with E-state index >= 15 is 0 Å². The van der Waals surface area contributed by atoms with Crippen molar-refractivity contribution in [3.8, 4) is 0 Å². The number of aliphatic hydroxyl groups excluding tert-OH is 1. The van der Waals surface area contributed by atoms with Crippen LogP contribution in [0.5, 0.6) is 0 Å². The van der Waals surface area contributed by atoms with Crippen LogP contribution in [0.15, 0.2) is 30.5 Å². The van der Waals surface area contributed by atoms with Gasteiger partial charge in [-0.1, -0.05) is 17.7 Å². The van der Waals surface area contributed by atoms with E-state index in [-0.39, 0.29) is 10.6 Å². The molecule has 1 aromatic carbocycles. The van der Waals surface area contributed by atoms with Crippen LogP contribution in [-0.2, 0) is 7.05 Å². The molecule has 1 unspecified atom stereocenters. The fourth-order valence-electron chi connectivity index (χ4n) is 1.57. The summed E-state index contributed by atoms with van der Waals surface area (Å²) in [5.41, 5.74) is 0.569. The van der Waals surface area contributed by atoms with Gasteiger partial charge in [0.1, 0.15) is 11.9 Å². The van der Waals surface area contributed by atoms with Crippen molar-refractivity contribution in [2.45, 2.75) is 6.10 Å². The minimum Gasteiger partial charge on any atom is -0.382 e. The molecule has 84 valence electrons. The smallest absolute Gasteiger partial charge is 0.130 e. The van der Waals surface area contributed by atoms with E-state index in [2.05, 4.69) is 5.10 Å². The Bertz CT molecular complexity index is 492. The van der Waals surface area contributed by atoms with Crippen LogP contribution in [0.4, 0.5) is 4.39 Å². The summed E-state index contributed by atoms with van der Waals surface area (Å²) in [7, 11) is 1.67. The zero-order chi connectivity index (χ0) is 11.7. The fraction of sp³-hybridized carbons (Fsp3) is 0.182. The van der Waals surface area contributed by atoms with Gasteiger partial charge in [-0.3, -0.25) is 4.68 Å². The molecule has 16 heavy (non-hydrogen) atoms. The first-order chi connectivity index (χ1) is 7.61. The second-order valence-corrected chi connectivity index (χ2v) is 3.82. The Balaban J connectivity index is 2.49. The molecule has 1 heterocycles. The summed E-state index contributed by atoms with van der Waals surface area (Å²) in [6.07, 6.45) is 0.425. The molecule has 1 atom stereocenters. The van der Waals surface area contributed by atoms with E-state index in [1.54, 1.807) is 19.2 Å². The topological polar surface area (TPSA) is 38.0 Å². The number of nitrogens with zero attached hydrogens (tertiary/aromatic N) is 2. The van der Waals surface area contributed by atoms with Gasteiger partial charge in [-0.2, -0.15) is 5.10 Å². The SMILES string of the molecule is Cn1nccc1C(O)c1c(F)cccc1Cl. The van der Waals surface area contributed by atoms with Gasteiger partial charge in [0.25, 0.3) is 0 Å². The minimum atomic E-state index is -1.11. The highest BCUT2D eigenvalue weighted by atomic mass is 35.5. The summed E-state index contributed by atoms with van der Waals surface area (Å²) in [5, 5.41) is 14.2. The van der Waals surface area contributed by atoms with Crippen LogP contribution in [0.3, 0.4) is 0 Å². The lowest BCUT2D eigenvalue weighted by Gasteiger charge is -2.13. The highest BCUT2D eigenvalue weighted by molar-refractivity contribution is 6.31. The molecule has 0 radical (unpaired) electrons. The van der Waals surface area contributed by atoms with Gasteiger partial charge in [0, 0.05) is 23.8 Å². The molecule has 2 rings (SSSR count). The van der Waals surface area contributed by atoms with E-state index in [0.717, 1.165) is 0 Å². The molecule has 1 N–H and O–H groups in total. The number of rotatable bonds is 2. The molecule has 0 fully saturated rings. The van der Waals surface area contributed by atoms with E-state index in [1.165, 1.54) is 23.0 Å². The van der Waals surface area contributed by atoms with Gasteiger partial charge in [-0.05, 0) is 18.2 Å². The van der Waals surface area contributed by atoms with Crippen LogP contribution >= 0.6 is 11.6 Å². The van der Waals surface area contributed by atoms with Crippen molar-refractivity contribution in [2.24, 2.45) is 7.05 Å². The molecule has 3 nitrogen and oxygen atoms in total. The maximum atomic E-state index is 13.6.